The lowest BCUT2D eigenvalue weighted by Crippen LogP contribution is -2.25. The molecule has 1 fully saturated rings. The van der Waals surface area contributed by atoms with Crippen LogP contribution in [0.4, 0.5) is 5.82 Å². The lowest BCUT2D eigenvalue weighted by Gasteiger charge is -2.18. The summed E-state index contributed by atoms with van der Waals surface area (Å²) in [5.41, 5.74) is 0.529. The van der Waals surface area contributed by atoms with Crippen molar-refractivity contribution in [3.8, 4) is 11.9 Å². The Kier molecular flexibility index (Phi) is 4.04. The Morgan fingerprint density at radius 2 is 2.25 bits per heavy atom. The monoisotopic (exact) mass is 401 g/mol. The molecule has 1 aliphatic rings. The summed E-state index contributed by atoms with van der Waals surface area (Å²) in [5, 5.41) is 9.87. The fraction of sp³-hybridized carbons (Fsp3) is 0.250. The molecular weight excluding hydrogens is 390 g/mol. The van der Waals surface area contributed by atoms with Gasteiger partial charge in [0.1, 0.15) is 29.1 Å². The number of ether oxygens (including phenoxy) is 1. The van der Waals surface area contributed by atoms with Crippen LogP contribution >= 0.6 is 27.3 Å². The lowest BCUT2D eigenvalue weighted by molar-refractivity contribution is 0.216. The Hall–Kier alpha value is -2.24. The van der Waals surface area contributed by atoms with Gasteiger partial charge < -0.3 is 9.64 Å². The van der Waals surface area contributed by atoms with Gasteiger partial charge in [0.05, 0.1) is 21.3 Å². The number of nitriles is 1. The minimum absolute atomic E-state index is 0.0533. The molecule has 0 spiro atoms. The Bertz CT molecular complexity index is 920. The molecule has 24 heavy (non-hydrogen) atoms. The number of pyridine rings is 1. The maximum absolute atomic E-state index is 8.81. The largest absolute Gasteiger partial charge is 0.472 e. The van der Waals surface area contributed by atoms with Crippen LogP contribution in [0.15, 0.2) is 34.5 Å². The summed E-state index contributed by atoms with van der Waals surface area (Å²) >= 11 is 5.11. The van der Waals surface area contributed by atoms with Crippen molar-refractivity contribution in [1.82, 2.24) is 15.0 Å². The van der Waals surface area contributed by atoms with Crippen molar-refractivity contribution in [3.63, 3.8) is 0 Å². The van der Waals surface area contributed by atoms with Crippen LogP contribution in [0.1, 0.15) is 12.0 Å². The fourth-order valence-corrected chi connectivity index (χ4v) is 4.18. The predicted octanol–water partition coefficient (Wildman–Crippen LogP) is 3.38. The number of hydrogen-bond donors (Lipinski definition) is 0. The molecule has 0 aromatic carbocycles. The molecule has 1 unspecified atom stereocenters. The van der Waals surface area contributed by atoms with Crippen LogP contribution in [0.3, 0.4) is 0 Å². The van der Waals surface area contributed by atoms with Crippen LogP contribution in [-0.4, -0.2) is 34.1 Å². The van der Waals surface area contributed by atoms with Crippen molar-refractivity contribution in [2.45, 2.75) is 12.5 Å². The quantitative estimate of drug-likeness (QED) is 0.669. The molecule has 120 valence electrons. The van der Waals surface area contributed by atoms with E-state index >= 15 is 0 Å². The Morgan fingerprint density at radius 1 is 1.33 bits per heavy atom. The Morgan fingerprint density at radius 3 is 3.04 bits per heavy atom. The second-order valence-electron chi connectivity index (χ2n) is 5.44. The second kappa shape index (κ2) is 6.34. The minimum atomic E-state index is 0.0533. The average Bonchev–Trinajstić information content (AvgIpc) is 3.20. The van der Waals surface area contributed by atoms with E-state index in [0.29, 0.717) is 11.4 Å². The number of hydrogen-bond acceptors (Lipinski definition) is 7. The molecule has 4 rings (SSSR count). The van der Waals surface area contributed by atoms with Crippen LogP contribution in [-0.2, 0) is 0 Å². The fourth-order valence-electron chi connectivity index (χ4n) is 2.77. The van der Waals surface area contributed by atoms with Gasteiger partial charge in [-0.2, -0.15) is 5.26 Å². The number of halogens is 1. The zero-order valence-electron chi connectivity index (χ0n) is 12.5. The molecule has 6 nitrogen and oxygen atoms in total. The first-order valence-corrected chi connectivity index (χ1v) is 9.01. The topological polar surface area (TPSA) is 74.9 Å². The van der Waals surface area contributed by atoms with Gasteiger partial charge >= 0.3 is 0 Å². The third-order valence-electron chi connectivity index (χ3n) is 3.88. The zero-order valence-corrected chi connectivity index (χ0v) is 14.9. The summed E-state index contributed by atoms with van der Waals surface area (Å²) in [5.74, 6) is 1.49. The van der Waals surface area contributed by atoms with E-state index in [0.717, 1.165) is 39.3 Å². The van der Waals surface area contributed by atoms with E-state index in [1.807, 2.05) is 0 Å². The van der Waals surface area contributed by atoms with Crippen LogP contribution < -0.4 is 9.64 Å². The lowest BCUT2D eigenvalue weighted by atomic mass is 10.3. The number of aromatic nitrogens is 3. The van der Waals surface area contributed by atoms with Gasteiger partial charge in [0, 0.05) is 25.2 Å². The van der Waals surface area contributed by atoms with E-state index in [4.69, 9.17) is 10.00 Å². The van der Waals surface area contributed by atoms with E-state index in [9.17, 15) is 0 Å². The third-order valence-corrected chi connectivity index (χ3v) is 5.42. The highest BCUT2D eigenvalue weighted by Crippen LogP contribution is 2.34. The molecule has 0 aliphatic carbocycles. The minimum Gasteiger partial charge on any atom is -0.472 e. The van der Waals surface area contributed by atoms with E-state index < -0.39 is 0 Å². The summed E-state index contributed by atoms with van der Waals surface area (Å²) in [4.78, 5) is 16.1. The molecule has 4 heterocycles. The molecule has 0 bridgehead atoms. The van der Waals surface area contributed by atoms with Gasteiger partial charge in [0.15, 0.2) is 0 Å². The summed E-state index contributed by atoms with van der Waals surface area (Å²) in [6.07, 6.45) is 4.09. The molecular formula is C16H12BrN5OS. The number of rotatable bonds is 3. The molecule has 1 aliphatic heterocycles. The SMILES string of the molecule is N#Cc1ccc(OC2CCN(c3ncnc4sc(Br)cc34)C2)nc1. The van der Waals surface area contributed by atoms with Crippen LogP contribution in [0, 0.1) is 11.3 Å². The van der Waals surface area contributed by atoms with E-state index in [1.165, 1.54) is 6.20 Å². The maximum Gasteiger partial charge on any atom is 0.213 e. The molecule has 1 atom stereocenters. The van der Waals surface area contributed by atoms with Crippen molar-refractivity contribution in [1.29, 1.82) is 5.26 Å². The van der Waals surface area contributed by atoms with Crippen molar-refractivity contribution < 1.29 is 4.74 Å². The third kappa shape index (κ3) is 2.92. The van der Waals surface area contributed by atoms with Crippen molar-refractivity contribution in [2.24, 2.45) is 0 Å². The van der Waals surface area contributed by atoms with Crippen molar-refractivity contribution in [2.75, 3.05) is 18.0 Å². The van der Waals surface area contributed by atoms with E-state index in [2.05, 4.69) is 47.9 Å². The van der Waals surface area contributed by atoms with Gasteiger partial charge in [0.2, 0.25) is 5.88 Å². The van der Waals surface area contributed by atoms with Crippen LogP contribution in [0.25, 0.3) is 10.2 Å². The normalized spacial score (nSPS) is 17.2. The number of anilines is 1. The number of fused-ring (bicyclic) bond motifs is 1. The molecule has 8 heteroatoms. The molecule has 0 radical (unpaired) electrons. The Balaban J connectivity index is 1.50. The van der Waals surface area contributed by atoms with Crippen LogP contribution in [0.5, 0.6) is 5.88 Å². The summed E-state index contributed by atoms with van der Waals surface area (Å²) in [6.45, 7) is 1.63. The number of thiophene rings is 1. The molecule has 0 N–H and O–H groups in total. The van der Waals surface area contributed by atoms with E-state index in [-0.39, 0.29) is 6.10 Å². The highest BCUT2D eigenvalue weighted by molar-refractivity contribution is 9.11. The summed E-state index contributed by atoms with van der Waals surface area (Å²) in [6, 6.07) is 7.56. The smallest absolute Gasteiger partial charge is 0.213 e. The number of nitrogens with zero attached hydrogens (tertiary/aromatic N) is 5. The van der Waals surface area contributed by atoms with Gasteiger partial charge in [-0.1, -0.05) is 0 Å². The first-order valence-electron chi connectivity index (χ1n) is 7.41. The maximum atomic E-state index is 8.81. The first-order chi connectivity index (χ1) is 11.7. The predicted molar refractivity (Wildman–Crippen MR) is 95.3 cm³/mol. The first kappa shape index (κ1) is 15.3. The van der Waals surface area contributed by atoms with Gasteiger partial charge in [-0.05, 0) is 28.1 Å². The van der Waals surface area contributed by atoms with Gasteiger partial charge in [0.25, 0.3) is 0 Å². The zero-order chi connectivity index (χ0) is 16.5. The summed E-state index contributed by atoms with van der Waals surface area (Å²) < 4.78 is 6.98. The highest BCUT2D eigenvalue weighted by atomic mass is 79.9. The molecule has 0 saturated carbocycles. The molecule has 3 aromatic rings. The molecule has 3 aromatic heterocycles. The van der Waals surface area contributed by atoms with Gasteiger partial charge in [-0.15, -0.1) is 11.3 Å². The average molecular weight is 402 g/mol. The van der Waals surface area contributed by atoms with Crippen molar-refractivity contribution >= 4 is 43.3 Å². The summed E-state index contributed by atoms with van der Waals surface area (Å²) in [7, 11) is 0. The van der Waals surface area contributed by atoms with Crippen molar-refractivity contribution in [3.05, 3.63) is 40.1 Å². The molecule has 0 amide bonds. The van der Waals surface area contributed by atoms with Gasteiger partial charge in [-0.3, -0.25) is 0 Å². The Labute approximate surface area is 150 Å². The van der Waals surface area contributed by atoms with E-state index in [1.54, 1.807) is 29.8 Å². The molecule has 1 saturated heterocycles. The van der Waals surface area contributed by atoms with Gasteiger partial charge in [-0.25, -0.2) is 15.0 Å². The highest BCUT2D eigenvalue weighted by Gasteiger charge is 2.27. The standard InChI is InChI=1S/C16H12BrN5OS/c17-13-5-12-15(20-9-21-16(12)24-13)22-4-3-11(8-22)23-14-2-1-10(6-18)7-19-14/h1-2,5,7,9,11H,3-4,8H2. The van der Waals surface area contributed by atoms with Crippen LogP contribution in [0.2, 0.25) is 0 Å². The second-order valence-corrected chi connectivity index (χ2v) is 7.85.